The van der Waals surface area contributed by atoms with E-state index >= 15 is 0 Å². The highest BCUT2D eigenvalue weighted by atomic mass is 16.2. The molecule has 0 unspecified atom stereocenters. The van der Waals surface area contributed by atoms with Gasteiger partial charge in [-0.2, -0.15) is 0 Å². The van der Waals surface area contributed by atoms with Gasteiger partial charge in [-0.1, -0.05) is 57.2 Å². The molecular formula is C26H26N4O2. The van der Waals surface area contributed by atoms with Gasteiger partial charge in [-0.05, 0) is 41.7 Å². The van der Waals surface area contributed by atoms with Crippen molar-refractivity contribution in [2.75, 3.05) is 10.6 Å². The molecular weight excluding hydrogens is 400 g/mol. The van der Waals surface area contributed by atoms with E-state index in [0.29, 0.717) is 17.3 Å². The molecule has 2 amide bonds. The van der Waals surface area contributed by atoms with Crippen molar-refractivity contribution in [2.45, 2.75) is 45.7 Å². The predicted octanol–water partition coefficient (Wildman–Crippen LogP) is 4.06. The van der Waals surface area contributed by atoms with Gasteiger partial charge in [0.2, 0.25) is 0 Å². The number of hydrogen-bond donors (Lipinski definition) is 2. The number of benzene rings is 2. The Morgan fingerprint density at radius 3 is 1.94 bits per heavy atom. The first-order valence-electron chi connectivity index (χ1n) is 11.3. The van der Waals surface area contributed by atoms with Crippen molar-refractivity contribution in [3.63, 3.8) is 0 Å². The standard InChI is InChI=1S/C26H26N4O2/c1-25(2)16-12-13-26(25,3)22(30-20-15-9-5-7-11-18(15)28-24(20)32)21(16)29-19-14-8-4-6-10-17(14)27-23(19)31/h4-11,16,21-22H,12-13H2,1-3H3,(H,27,29,31)(H,28,30,32)/t16-,21+,22+,26+/m0/s1. The molecule has 4 aliphatic rings. The molecule has 0 saturated heterocycles. The molecule has 2 aliphatic carbocycles. The van der Waals surface area contributed by atoms with Gasteiger partial charge in [0.05, 0.1) is 23.5 Å². The van der Waals surface area contributed by atoms with Crippen LogP contribution in [0.15, 0.2) is 58.5 Å². The summed E-state index contributed by atoms with van der Waals surface area (Å²) in [5, 5.41) is 5.87. The summed E-state index contributed by atoms with van der Waals surface area (Å²) in [6.45, 7) is 6.87. The van der Waals surface area contributed by atoms with E-state index in [0.717, 1.165) is 35.3 Å². The number of nitrogens with one attached hydrogen (secondary N) is 2. The lowest BCUT2D eigenvalue weighted by atomic mass is 9.69. The summed E-state index contributed by atoms with van der Waals surface area (Å²) in [5.74, 6) is -0.0207. The second-order valence-corrected chi connectivity index (χ2v) is 10.2. The Bertz CT molecular complexity index is 1240. The fraction of sp³-hybridized carbons (Fsp3) is 0.385. The molecule has 162 valence electrons. The van der Waals surface area contributed by atoms with Crippen molar-refractivity contribution in [2.24, 2.45) is 26.7 Å². The number of hydrogen-bond acceptors (Lipinski definition) is 4. The number of fused-ring (bicyclic) bond motifs is 4. The summed E-state index contributed by atoms with van der Waals surface area (Å²) in [4.78, 5) is 35.8. The van der Waals surface area contributed by atoms with Gasteiger partial charge < -0.3 is 10.6 Å². The first-order chi connectivity index (χ1) is 15.3. The topological polar surface area (TPSA) is 82.9 Å². The monoisotopic (exact) mass is 426 g/mol. The Hall–Kier alpha value is -3.28. The third-order valence-electron chi connectivity index (χ3n) is 8.60. The van der Waals surface area contributed by atoms with Crippen LogP contribution in [0, 0.1) is 16.7 Å². The summed E-state index contributed by atoms with van der Waals surface area (Å²) < 4.78 is 0. The molecule has 2 bridgehead atoms. The SMILES string of the molecule is CC1(C)[C@H]2CC[C@]1(C)[C@H](N=C1C(=O)Nc3ccccc31)[C@@H]2N=C1C(=O)Nc2ccccc21. The van der Waals surface area contributed by atoms with Gasteiger partial charge in [0.15, 0.2) is 0 Å². The van der Waals surface area contributed by atoms with E-state index in [4.69, 9.17) is 9.98 Å². The third-order valence-corrected chi connectivity index (χ3v) is 8.60. The average molecular weight is 427 g/mol. The van der Waals surface area contributed by atoms with Crippen LogP contribution in [0.5, 0.6) is 0 Å². The van der Waals surface area contributed by atoms with Crippen LogP contribution in [0.3, 0.4) is 0 Å². The maximum absolute atomic E-state index is 12.8. The third kappa shape index (κ3) is 2.41. The van der Waals surface area contributed by atoms with Gasteiger partial charge >= 0.3 is 0 Å². The molecule has 2 saturated carbocycles. The molecule has 4 atom stereocenters. The van der Waals surface area contributed by atoms with Crippen molar-refractivity contribution >= 4 is 34.6 Å². The zero-order chi connectivity index (χ0) is 22.3. The number of anilines is 2. The van der Waals surface area contributed by atoms with Crippen LogP contribution in [0.25, 0.3) is 0 Å². The normalized spacial score (nSPS) is 34.0. The highest BCUT2D eigenvalue weighted by Crippen LogP contribution is 2.67. The van der Waals surface area contributed by atoms with E-state index in [1.54, 1.807) is 0 Å². The largest absolute Gasteiger partial charge is 0.320 e. The Kier molecular flexibility index (Phi) is 3.87. The van der Waals surface area contributed by atoms with Gasteiger partial charge in [0, 0.05) is 11.1 Å². The van der Waals surface area contributed by atoms with E-state index in [1.165, 1.54) is 0 Å². The summed E-state index contributed by atoms with van der Waals surface area (Å²) in [7, 11) is 0. The van der Waals surface area contributed by atoms with Gasteiger partial charge in [-0.25, -0.2) is 0 Å². The van der Waals surface area contributed by atoms with Crippen LogP contribution in [0.4, 0.5) is 11.4 Å². The van der Waals surface area contributed by atoms with Crippen LogP contribution in [-0.4, -0.2) is 35.3 Å². The van der Waals surface area contributed by atoms with Crippen molar-refractivity contribution < 1.29 is 9.59 Å². The Morgan fingerprint density at radius 2 is 1.34 bits per heavy atom. The molecule has 2 fully saturated rings. The van der Waals surface area contributed by atoms with Crippen molar-refractivity contribution in [3.05, 3.63) is 59.7 Å². The Labute approximate surface area is 187 Å². The first kappa shape index (κ1) is 19.4. The van der Waals surface area contributed by atoms with E-state index in [9.17, 15) is 9.59 Å². The van der Waals surface area contributed by atoms with E-state index in [2.05, 4.69) is 31.4 Å². The lowest BCUT2D eigenvalue weighted by Crippen LogP contribution is -2.40. The number of carbonyl (C=O) groups is 2. The minimum absolute atomic E-state index is 0.000347. The molecule has 6 rings (SSSR count). The lowest BCUT2D eigenvalue weighted by Gasteiger charge is -2.37. The lowest BCUT2D eigenvalue weighted by molar-refractivity contribution is -0.110. The van der Waals surface area contributed by atoms with E-state index in [1.807, 2.05) is 48.5 Å². The number of carbonyl (C=O) groups excluding carboxylic acids is 2. The number of nitrogens with zero attached hydrogens (tertiary/aromatic N) is 2. The van der Waals surface area contributed by atoms with Crippen LogP contribution in [0.1, 0.15) is 44.7 Å². The van der Waals surface area contributed by atoms with E-state index < -0.39 is 0 Å². The molecule has 2 aromatic rings. The van der Waals surface area contributed by atoms with Crippen LogP contribution in [-0.2, 0) is 9.59 Å². The number of para-hydroxylation sites is 2. The molecule has 0 spiro atoms. The first-order valence-corrected chi connectivity index (χ1v) is 11.3. The van der Waals surface area contributed by atoms with Crippen molar-refractivity contribution in [3.8, 4) is 0 Å². The fourth-order valence-electron chi connectivity index (χ4n) is 6.41. The fourth-order valence-corrected chi connectivity index (χ4v) is 6.41. The van der Waals surface area contributed by atoms with Gasteiger partial charge in [0.1, 0.15) is 11.4 Å². The van der Waals surface area contributed by atoms with Crippen LogP contribution < -0.4 is 10.6 Å². The Balaban J connectivity index is 1.50. The highest BCUT2D eigenvalue weighted by molar-refractivity contribution is 6.54. The minimum atomic E-state index is -0.170. The maximum atomic E-state index is 12.8. The highest BCUT2D eigenvalue weighted by Gasteiger charge is 2.67. The van der Waals surface area contributed by atoms with Gasteiger partial charge in [-0.15, -0.1) is 0 Å². The van der Waals surface area contributed by atoms with Crippen molar-refractivity contribution in [1.29, 1.82) is 0 Å². The number of aliphatic imine (C=N–C) groups is 2. The average Bonchev–Trinajstić information content (AvgIpc) is 3.37. The Morgan fingerprint density at radius 1 is 0.812 bits per heavy atom. The summed E-state index contributed by atoms with van der Waals surface area (Å²) in [6, 6.07) is 15.0. The quantitative estimate of drug-likeness (QED) is 0.759. The molecule has 0 aromatic heterocycles. The van der Waals surface area contributed by atoms with E-state index in [-0.39, 0.29) is 34.7 Å². The summed E-state index contributed by atoms with van der Waals surface area (Å²) in [5.41, 5.74) is 4.16. The van der Waals surface area contributed by atoms with Gasteiger partial charge in [0.25, 0.3) is 11.8 Å². The smallest absolute Gasteiger partial charge is 0.274 e. The van der Waals surface area contributed by atoms with Gasteiger partial charge in [-0.3, -0.25) is 19.6 Å². The molecule has 2 N–H and O–H groups in total. The number of amides is 2. The van der Waals surface area contributed by atoms with Crippen LogP contribution in [0.2, 0.25) is 0 Å². The molecule has 32 heavy (non-hydrogen) atoms. The second kappa shape index (κ2) is 6.37. The van der Waals surface area contributed by atoms with Crippen molar-refractivity contribution in [1.82, 2.24) is 0 Å². The minimum Gasteiger partial charge on any atom is -0.320 e. The zero-order valence-electron chi connectivity index (χ0n) is 18.5. The zero-order valence-corrected chi connectivity index (χ0v) is 18.5. The summed E-state index contributed by atoms with van der Waals surface area (Å²) >= 11 is 0. The summed E-state index contributed by atoms with van der Waals surface area (Å²) in [6.07, 6.45) is 2.10. The molecule has 2 aromatic carbocycles. The predicted molar refractivity (Wildman–Crippen MR) is 125 cm³/mol. The molecule has 0 radical (unpaired) electrons. The van der Waals surface area contributed by atoms with Crippen LogP contribution >= 0.6 is 0 Å². The molecule has 6 heteroatoms. The number of rotatable bonds is 2. The maximum Gasteiger partial charge on any atom is 0.274 e. The molecule has 6 nitrogen and oxygen atoms in total. The molecule has 2 heterocycles. The molecule has 2 aliphatic heterocycles. The second-order valence-electron chi connectivity index (χ2n) is 10.2.